The zero-order valence-corrected chi connectivity index (χ0v) is 14.4. The molecule has 132 valence electrons. The summed E-state index contributed by atoms with van der Waals surface area (Å²) in [5, 5.41) is 9.32. The minimum Gasteiger partial charge on any atom is -0.478 e. The van der Waals surface area contributed by atoms with E-state index in [1.165, 1.54) is 0 Å². The molecule has 0 bridgehead atoms. The molecule has 0 amide bonds. The van der Waals surface area contributed by atoms with Crippen molar-refractivity contribution in [2.45, 2.75) is 31.3 Å². The van der Waals surface area contributed by atoms with Gasteiger partial charge in [-0.3, -0.25) is 0 Å². The van der Waals surface area contributed by atoms with Crippen molar-refractivity contribution in [2.75, 3.05) is 40.0 Å². The van der Waals surface area contributed by atoms with E-state index in [9.17, 15) is 9.90 Å². The molecule has 0 spiro atoms. The standard InChI is InChI=1S/C19H27NO4/c1-23-19(8-11-24-14-19)13-20-9-6-15(7-10-20)12-16-4-2-3-5-17(16)18(21)22/h2-5,15H,6-14H2,1H3,(H,21,22). The van der Waals surface area contributed by atoms with Crippen LogP contribution in [0.3, 0.4) is 0 Å². The molecule has 1 unspecified atom stereocenters. The third kappa shape index (κ3) is 3.97. The quantitative estimate of drug-likeness (QED) is 0.866. The first kappa shape index (κ1) is 17.4. The highest BCUT2D eigenvalue weighted by Gasteiger charge is 2.37. The largest absolute Gasteiger partial charge is 0.478 e. The second-order valence-electron chi connectivity index (χ2n) is 7.08. The van der Waals surface area contributed by atoms with Gasteiger partial charge in [0.1, 0.15) is 5.60 Å². The molecule has 2 aliphatic heterocycles. The van der Waals surface area contributed by atoms with Gasteiger partial charge in [0.25, 0.3) is 0 Å². The molecular weight excluding hydrogens is 306 g/mol. The lowest BCUT2D eigenvalue weighted by atomic mass is 9.88. The van der Waals surface area contributed by atoms with Crippen LogP contribution in [0.25, 0.3) is 0 Å². The number of hydrogen-bond donors (Lipinski definition) is 1. The lowest BCUT2D eigenvalue weighted by Gasteiger charge is -2.37. The van der Waals surface area contributed by atoms with Crippen molar-refractivity contribution < 1.29 is 19.4 Å². The molecule has 1 aromatic carbocycles. The van der Waals surface area contributed by atoms with Crippen LogP contribution in [0, 0.1) is 5.92 Å². The number of nitrogens with zero attached hydrogens (tertiary/aromatic N) is 1. The third-order valence-electron chi connectivity index (χ3n) is 5.48. The van der Waals surface area contributed by atoms with Crippen LogP contribution in [0.1, 0.15) is 35.2 Å². The Balaban J connectivity index is 1.53. The average molecular weight is 333 g/mol. The summed E-state index contributed by atoms with van der Waals surface area (Å²) < 4.78 is 11.3. The maximum atomic E-state index is 11.3. The van der Waals surface area contributed by atoms with Crippen LogP contribution >= 0.6 is 0 Å². The van der Waals surface area contributed by atoms with Gasteiger partial charge < -0.3 is 19.5 Å². The van der Waals surface area contributed by atoms with Crippen LogP contribution in [0.5, 0.6) is 0 Å². The van der Waals surface area contributed by atoms with Gasteiger partial charge in [0.05, 0.1) is 12.2 Å². The summed E-state index contributed by atoms with van der Waals surface area (Å²) in [5.74, 6) is -0.272. The monoisotopic (exact) mass is 333 g/mol. The zero-order valence-electron chi connectivity index (χ0n) is 14.4. The number of carboxylic acid groups (broad SMARTS) is 1. The molecule has 1 atom stereocenters. The Bertz CT molecular complexity index is 560. The lowest BCUT2D eigenvalue weighted by molar-refractivity contribution is -0.0458. The molecule has 2 fully saturated rings. The lowest BCUT2D eigenvalue weighted by Crippen LogP contribution is -2.47. The highest BCUT2D eigenvalue weighted by molar-refractivity contribution is 5.89. The first-order valence-corrected chi connectivity index (χ1v) is 8.78. The normalized spacial score (nSPS) is 25.9. The van der Waals surface area contributed by atoms with Gasteiger partial charge in [0, 0.05) is 26.7 Å². The molecule has 2 saturated heterocycles. The number of methoxy groups -OCH3 is 1. The van der Waals surface area contributed by atoms with Gasteiger partial charge in [-0.25, -0.2) is 4.79 Å². The van der Waals surface area contributed by atoms with Crippen LogP contribution in [0.4, 0.5) is 0 Å². The van der Waals surface area contributed by atoms with Crippen molar-refractivity contribution in [3.63, 3.8) is 0 Å². The van der Waals surface area contributed by atoms with Crippen LogP contribution < -0.4 is 0 Å². The SMILES string of the molecule is COC1(CN2CCC(Cc3ccccc3C(=O)O)CC2)CCOC1. The Morgan fingerprint density at radius 2 is 2.12 bits per heavy atom. The van der Waals surface area contributed by atoms with E-state index in [4.69, 9.17) is 9.47 Å². The summed E-state index contributed by atoms with van der Waals surface area (Å²) in [6, 6.07) is 7.38. The van der Waals surface area contributed by atoms with Gasteiger partial charge in [-0.1, -0.05) is 18.2 Å². The van der Waals surface area contributed by atoms with Gasteiger partial charge >= 0.3 is 5.97 Å². The fourth-order valence-electron chi connectivity index (χ4n) is 3.91. The molecule has 0 saturated carbocycles. The molecule has 2 heterocycles. The fraction of sp³-hybridized carbons (Fsp3) is 0.632. The number of hydrogen-bond acceptors (Lipinski definition) is 4. The van der Waals surface area contributed by atoms with Crippen molar-refractivity contribution in [3.05, 3.63) is 35.4 Å². The number of piperidine rings is 1. The van der Waals surface area contributed by atoms with Crippen LogP contribution in [-0.2, 0) is 15.9 Å². The van der Waals surface area contributed by atoms with Crippen molar-refractivity contribution in [3.8, 4) is 0 Å². The summed E-state index contributed by atoms with van der Waals surface area (Å²) in [6.07, 6.45) is 4.04. The Hall–Kier alpha value is -1.43. The molecule has 0 radical (unpaired) electrons. The summed E-state index contributed by atoms with van der Waals surface area (Å²) >= 11 is 0. The summed E-state index contributed by atoms with van der Waals surface area (Å²) in [4.78, 5) is 13.8. The maximum Gasteiger partial charge on any atom is 0.335 e. The van der Waals surface area contributed by atoms with Crippen LogP contribution in [0.2, 0.25) is 0 Å². The number of carbonyl (C=O) groups is 1. The molecule has 3 rings (SSSR count). The zero-order chi connectivity index (χ0) is 17.0. The number of rotatable bonds is 6. The van der Waals surface area contributed by atoms with Crippen LogP contribution in [-0.4, -0.2) is 61.5 Å². The Morgan fingerprint density at radius 1 is 1.38 bits per heavy atom. The van der Waals surface area contributed by atoms with E-state index in [0.717, 1.165) is 57.5 Å². The van der Waals surface area contributed by atoms with E-state index in [0.29, 0.717) is 18.1 Å². The summed E-state index contributed by atoms with van der Waals surface area (Å²) in [7, 11) is 1.78. The van der Waals surface area contributed by atoms with Gasteiger partial charge in [-0.05, 0) is 49.9 Å². The van der Waals surface area contributed by atoms with E-state index < -0.39 is 5.97 Å². The molecule has 2 aliphatic rings. The van der Waals surface area contributed by atoms with Crippen molar-refractivity contribution in [1.82, 2.24) is 4.90 Å². The number of likely N-dealkylation sites (tertiary alicyclic amines) is 1. The fourth-order valence-corrected chi connectivity index (χ4v) is 3.91. The first-order chi connectivity index (χ1) is 11.6. The molecule has 24 heavy (non-hydrogen) atoms. The molecule has 0 aliphatic carbocycles. The van der Waals surface area contributed by atoms with Crippen LogP contribution in [0.15, 0.2) is 24.3 Å². The Labute approximate surface area is 143 Å². The molecule has 1 N–H and O–H groups in total. The highest BCUT2D eigenvalue weighted by Crippen LogP contribution is 2.28. The molecule has 5 heteroatoms. The predicted octanol–water partition coefficient (Wildman–Crippen LogP) is 2.44. The Morgan fingerprint density at radius 3 is 2.75 bits per heavy atom. The van der Waals surface area contributed by atoms with Crippen molar-refractivity contribution in [1.29, 1.82) is 0 Å². The predicted molar refractivity (Wildman–Crippen MR) is 91.4 cm³/mol. The minimum atomic E-state index is -0.827. The Kier molecular flexibility index (Phi) is 5.54. The maximum absolute atomic E-state index is 11.3. The number of aromatic carboxylic acids is 1. The molecule has 0 aromatic heterocycles. The van der Waals surface area contributed by atoms with Crippen molar-refractivity contribution in [2.24, 2.45) is 5.92 Å². The van der Waals surface area contributed by atoms with E-state index >= 15 is 0 Å². The van der Waals surface area contributed by atoms with E-state index in [1.807, 2.05) is 12.1 Å². The van der Waals surface area contributed by atoms with E-state index in [1.54, 1.807) is 19.2 Å². The third-order valence-corrected chi connectivity index (χ3v) is 5.48. The van der Waals surface area contributed by atoms with Crippen molar-refractivity contribution >= 4 is 5.97 Å². The van der Waals surface area contributed by atoms with Gasteiger partial charge in [-0.15, -0.1) is 0 Å². The minimum absolute atomic E-state index is 0.136. The van der Waals surface area contributed by atoms with E-state index in [-0.39, 0.29) is 5.60 Å². The molecule has 5 nitrogen and oxygen atoms in total. The first-order valence-electron chi connectivity index (χ1n) is 8.78. The number of carboxylic acids is 1. The van der Waals surface area contributed by atoms with Gasteiger partial charge in [-0.2, -0.15) is 0 Å². The summed E-state index contributed by atoms with van der Waals surface area (Å²) in [6.45, 7) is 4.50. The topological polar surface area (TPSA) is 59.0 Å². The number of benzene rings is 1. The number of ether oxygens (including phenoxy) is 2. The summed E-state index contributed by atoms with van der Waals surface area (Å²) in [5.41, 5.74) is 1.27. The van der Waals surface area contributed by atoms with Gasteiger partial charge in [0.15, 0.2) is 0 Å². The smallest absolute Gasteiger partial charge is 0.335 e. The molecular formula is C19H27NO4. The average Bonchev–Trinajstić information content (AvgIpc) is 3.06. The van der Waals surface area contributed by atoms with Gasteiger partial charge in [0.2, 0.25) is 0 Å². The second kappa shape index (κ2) is 7.64. The second-order valence-corrected chi connectivity index (χ2v) is 7.08. The highest BCUT2D eigenvalue weighted by atomic mass is 16.5. The van der Waals surface area contributed by atoms with E-state index in [2.05, 4.69) is 4.90 Å². The molecule has 1 aromatic rings.